The minimum Gasteiger partial charge on any atom is -0.444 e. The van der Waals surface area contributed by atoms with Crippen molar-refractivity contribution >= 4 is 29.1 Å². The highest BCUT2D eigenvalue weighted by Crippen LogP contribution is 2.29. The summed E-state index contributed by atoms with van der Waals surface area (Å²) in [6.45, 7) is -0.0795. The smallest absolute Gasteiger partial charge is 0.419 e. The maximum atomic E-state index is 12.7. The molecule has 3 aromatic rings. The Hall–Kier alpha value is -2.98. The molecule has 0 bridgehead atoms. The van der Waals surface area contributed by atoms with Gasteiger partial charge >= 0.3 is 6.09 Å². The highest BCUT2D eigenvalue weighted by molar-refractivity contribution is 6.32. The Morgan fingerprint density at radius 2 is 1.40 bits per heavy atom. The molecule has 0 atom stereocenters. The lowest BCUT2D eigenvalue weighted by molar-refractivity contribution is 0.150. The summed E-state index contributed by atoms with van der Waals surface area (Å²) in [5.41, 5.74) is 1.84. The van der Waals surface area contributed by atoms with Gasteiger partial charge in [0.2, 0.25) is 0 Å². The summed E-state index contributed by atoms with van der Waals surface area (Å²) >= 11 is 5.97. The fourth-order valence-electron chi connectivity index (χ4n) is 2.39. The summed E-state index contributed by atoms with van der Waals surface area (Å²) in [4.78, 5) is 14.2. The molecule has 0 aliphatic heterocycles. The number of halogens is 1. The SMILES string of the molecule is [O]c1cccc(COC(=O)N(c2ccccc2)c2ccccc2)c1Cl. The van der Waals surface area contributed by atoms with Crippen LogP contribution in [0, 0.1) is 0 Å². The number of hydrogen-bond donors (Lipinski definition) is 0. The Labute approximate surface area is 150 Å². The number of rotatable bonds is 4. The number of anilines is 2. The average Bonchev–Trinajstić information content (AvgIpc) is 2.65. The Bertz CT molecular complexity index is 814. The standard InChI is InChI=1S/C20H15ClNO3/c21-19-15(8-7-13-18(19)23)14-25-20(24)22(16-9-3-1-4-10-16)17-11-5-2-6-12-17/h1-13H,14H2. The second kappa shape index (κ2) is 7.73. The van der Waals surface area contributed by atoms with E-state index in [1.807, 2.05) is 60.7 Å². The van der Waals surface area contributed by atoms with Crippen LogP contribution in [0.25, 0.3) is 0 Å². The lowest BCUT2D eigenvalue weighted by Crippen LogP contribution is -2.26. The van der Waals surface area contributed by atoms with Gasteiger partial charge in [-0.25, -0.2) is 9.69 Å². The molecule has 125 valence electrons. The third kappa shape index (κ3) is 3.92. The van der Waals surface area contributed by atoms with Crippen LogP contribution in [0.4, 0.5) is 16.2 Å². The van der Waals surface area contributed by atoms with E-state index in [4.69, 9.17) is 16.3 Å². The number of nitrogens with zero attached hydrogens (tertiary/aromatic N) is 1. The molecule has 1 amide bonds. The first kappa shape index (κ1) is 16.9. The van der Waals surface area contributed by atoms with Crippen molar-refractivity contribution in [2.24, 2.45) is 0 Å². The first-order chi connectivity index (χ1) is 12.2. The summed E-state index contributed by atoms with van der Waals surface area (Å²) < 4.78 is 5.40. The van der Waals surface area contributed by atoms with Gasteiger partial charge in [0.25, 0.3) is 0 Å². The molecule has 1 radical (unpaired) electrons. The van der Waals surface area contributed by atoms with Crippen molar-refractivity contribution in [1.29, 1.82) is 0 Å². The second-order valence-corrected chi connectivity index (χ2v) is 5.67. The molecule has 0 aliphatic carbocycles. The minimum absolute atomic E-state index is 0.0706. The number of carbonyl (C=O) groups excluding carboxylic acids is 1. The van der Waals surface area contributed by atoms with E-state index >= 15 is 0 Å². The third-order valence-corrected chi connectivity index (χ3v) is 4.03. The van der Waals surface area contributed by atoms with E-state index in [0.717, 1.165) is 0 Å². The van der Waals surface area contributed by atoms with Crippen molar-refractivity contribution in [1.82, 2.24) is 0 Å². The molecular formula is C20H15ClNO3. The first-order valence-electron chi connectivity index (χ1n) is 7.68. The minimum atomic E-state index is -0.551. The number of benzene rings is 3. The predicted molar refractivity (Wildman–Crippen MR) is 96.8 cm³/mol. The fraction of sp³-hybridized carbons (Fsp3) is 0.0500. The van der Waals surface area contributed by atoms with E-state index < -0.39 is 6.09 Å². The quantitative estimate of drug-likeness (QED) is 0.581. The van der Waals surface area contributed by atoms with Gasteiger partial charge in [-0.05, 0) is 30.3 Å². The number of amides is 1. The zero-order valence-corrected chi connectivity index (χ0v) is 14.0. The van der Waals surface area contributed by atoms with Crippen LogP contribution in [0.2, 0.25) is 5.02 Å². The lowest BCUT2D eigenvalue weighted by Gasteiger charge is -2.22. The highest BCUT2D eigenvalue weighted by Gasteiger charge is 2.20. The Kier molecular flexibility index (Phi) is 5.21. The number of para-hydroxylation sites is 2. The Morgan fingerprint density at radius 3 is 1.96 bits per heavy atom. The van der Waals surface area contributed by atoms with E-state index in [-0.39, 0.29) is 17.4 Å². The molecule has 25 heavy (non-hydrogen) atoms. The van der Waals surface area contributed by atoms with Crippen molar-refractivity contribution in [2.75, 3.05) is 4.90 Å². The van der Waals surface area contributed by atoms with Gasteiger partial charge in [0.05, 0.1) is 16.4 Å². The Morgan fingerprint density at radius 1 is 0.840 bits per heavy atom. The summed E-state index contributed by atoms with van der Waals surface area (Å²) in [5, 5.41) is 11.6. The molecule has 0 fully saturated rings. The summed E-state index contributed by atoms with van der Waals surface area (Å²) in [6, 6.07) is 23.0. The van der Waals surface area contributed by atoms with Gasteiger partial charge in [0.15, 0.2) is 5.75 Å². The molecule has 0 saturated heterocycles. The van der Waals surface area contributed by atoms with Crippen molar-refractivity contribution in [2.45, 2.75) is 6.61 Å². The van der Waals surface area contributed by atoms with Crippen LogP contribution in [-0.4, -0.2) is 6.09 Å². The van der Waals surface area contributed by atoms with Crippen LogP contribution in [0.1, 0.15) is 5.56 Å². The zero-order chi connectivity index (χ0) is 17.6. The van der Waals surface area contributed by atoms with Crippen molar-refractivity contribution in [3.05, 3.63) is 89.4 Å². The van der Waals surface area contributed by atoms with Gasteiger partial charge in [-0.1, -0.05) is 60.1 Å². The van der Waals surface area contributed by atoms with E-state index in [9.17, 15) is 9.90 Å². The summed E-state index contributed by atoms with van der Waals surface area (Å²) in [5.74, 6) is -0.293. The predicted octanol–water partition coefficient (Wildman–Crippen LogP) is 5.96. The highest BCUT2D eigenvalue weighted by atomic mass is 35.5. The molecule has 0 N–H and O–H groups in total. The topological polar surface area (TPSA) is 49.4 Å². The summed E-state index contributed by atoms with van der Waals surface area (Å²) in [7, 11) is 0. The average molecular weight is 353 g/mol. The molecule has 5 heteroatoms. The molecule has 0 spiro atoms. The molecular weight excluding hydrogens is 338 g/mol. The molecule has 0 aliphatic rings. The van der Waals surface area contributed by atoms with Gasteiger partial charge in [-0.3, -0.25) is 5.11 Å². The molecule has 0 unspecified atom stereocenters. The lowest BCUT2D eigenvalue weighted by atomic mass is 10.2. The van der Waals surface area contributed by atoms with Crippen LogP contribution in [0.5, 0.6) is 5.75 Å². The number of carbonyl (C=O) groups is 1. The van der Waals surface area contributed by atoms with Gasteiger partial charge in [0, 0.05) is 5.56 Å². The van der Waals surface area contributed by atoms with Crippen LogP contribution < -0.4 is 4.90 Å². The molecule has 0 aromatic heterocycles. The van der Waals surface area contributed by atoms with Crippen LogP contribution in [-0.2, 0) is 16.5 Å². The second-order valence-electron chi connectivity index (χ2n) is 5.29. The third-order valence-electron chi connectivity index (χ3n) is 3.61. The van der Waals surface area contributed by atoms with Gasteiger partial charge in [-0.15, -0.1) is 0 Å². The van der Waals surface area contributed by atoms with Crippen LogP contribution in [0.15, 0.2) is 78.9 Å². The summed E-state index contributed by atoms with van der Waals surface area (Å²) in [6.07, 6.45) is -0.551. The van der Waals surface area contributed by atoms with Crippen LogP contribution in [0.3, 0.4) is 0 Å². The molecule has 4 nitrogen and oxygen atoms in total. The van der Waals surface area contributed by atoms with Crippen molar-refractivity contribution < 1.29 is 14.6 Å². The van der Waals surface area contributed by atoms with E-state index in [2.05, 4.69) is 0 Å². The molecule has 0 heterocycles. The van der Waals surface area contributed by atoms with Gasteiger partial charge < -0.3 is 4.74 Å². The van der Waals surface area contributed by atoms with Crippen molar-refractivity contribution in [3.63, 3.8) is 0 Å². The normalized spacial score (nSPS) is 10.3. The van der Waals surface area contributed by atoms with E-state index in [0.29, 0.717) is 16.9 Å². The van der Waals surface area contributed by atoms with E-state index in [1.54, 1.807) is 12.1 Å². The Balaban J connectivity index is 1.84. The monoisotopic (exact) mass is 352 g/mol. The number of hydrogen-bond acceptors (Lipinski definition) is 2. The maximum Gasteiger partial charge on any atom is 0.419 e. The molecule has 3 rings (SSSR count). The fourth-order valence-corrected chi connectivity index (χ4v) is 2.57. The van der Waals surface area contributed by atoms with Crippen LogP contribution >= 0.6 is 11.6 Å². The van der Waals surface area contributed by atoms with Gasteiger partial charge in [-0.2, -0.15) is 0 Å². The maximum absolute atomic E-state index is 12.7. The first-order valence-corrected chi connectivity index (χ1v) is 8.06. The van der Waals surface area contributed by atoms with Crippen molar-refractivity contribution in [3.8, 4) is 5.75 Å². The largest absolute Gasteiger partial charge is 0.444 e. The van der Waals surface area contributed by atoms with Gasteiger partial charge in [0.1, 0.15) is 6.61 Å². The number of ether oxygens (including phenoxy) is 1. The zero-order valence-electron chi connectivity index (χ0n) is 13.3. The van der Waals surface area contributed by atoms with E-state index in [1.165, 1.54) is 11.0 Å². The molecule has 3 aromatic carbocycles. The molecule has 0 saturated carbocycles.